The zero-order valence-corrected chi connectivity index (χ0v) is 32.6. The van der Waals surface area contributed by atoms with E-state index in [-0.39, 0.29) is 33.4 Å². The van der Waals surface area contributed by atoms with E-state index in [9.17, 15) is 0 Å². The molecular formula is C49H46N4OSi. The standard InChI is InChI=1S/C49H46N4OSi/c1-49(2,3)38-30-31-50-47(32-38)53(55(4,5)6)40-23-16-25-42(34-40)54-41-24-15-22-39(33-41)51-35-52(46-29-14-13-28-45(46)51)48-43(36-18-9-7-10-19-36)26-17-27-44(48)37-20-11-8-12-21-37/h7-34H,1-6H3/i7D,8D,9D,10D,11D,12D,18D,19D,20D,21D. The number of benzene rings is 6. The highest BCUT2D eigenvalue weighted by atomic mass is 28.3. The molecule has 0 amide bonds. The normalized spacial score (nSPS) is 14.4. The molecule has 0 atom stereocenters. The molecule has 6 aromatic carbocycles. The molecule has 8 rings (SSSR count). The van der Waals surface area contributed by atoms with Crippen molar-refractivity contribution in [2.45, 2.75) is 45.8 Å². The largest absolute Gasteiger partial charge is 0.458 e. The van der Waals surface area contributed by atoms with Gasteiger partial charge in [-0.05, 0) is 75.7 Å². The number of rotatable bonds is 9. The van der Waals surface area contributed by atoms with E-state index in [4.69, 9.17) is 23.4 Å². The molecule has 0 saturated heterocycles. The number of imidazole rings is 1. The summed E-state index contributed by atoms with van der Waals surface area (Å²) in [5.41, 5.74) is 4.23. The Kier molecular flexibility index (Phi) is 6.80. The van der Waals surface area contributed by atoms with Crippen molar-refractivity contribution in [3.8, 4) is 45.1 Å². The van der Waals surface area contributed by atoms with E-state index in [1.807, 2.05) is 72.9 Å². The van der Waals surface area contributed by atoms with E-state index in [0.717, 1.165) is 11.5 Å². The van der Waals surface area contributed by atoms with Gasteiger partial charge >= 0.3 is 0 Å². The van der Waals surface area contributed by atoms with Gasteiger partial charge in [0, 0.05) is 18.0 Å². The van der Waals surface area contributed by atoms with Gasteiger partial charge in [0.1, 0.15) is 17.3 Å². The summed E-state index contributed by atoms with van der Waals surface area (Å²) in [6.07, 6.45) is 5.30. The van der Waals surface area contributed by atoms with E-state index in [2.05, 4.69) is 69.5 Å². The van der Waals surface area contributed by atoms with Crippen molar-refractivity contribution >= 4 is 30.8 Å². The van der Waals surface area contributed by atoms with Crippen LogP contribution in [0.3, 0.4) is 0 Å². The molecular weight excluding hydrogens is 689 g/mol. The maximum absolute atomic E-state index is 8.97. The number of nitrogens with zero attached hydrogens (tertiary/aromatic N) is 4. The third-order valence-electron chi connectivity index (χ3n) is 9.26. The first-order valence-electron chi connectivity index (χ1n) is 23.1. The quantitative estimate of drug-likeness (QED) is 0.0838. The Morgan fingerprint density at radius 1 is 0.709 bits per heavy atom. The smallest absolute Gasteiger partial charge is 0.269 e. The summed E-state index contributed by atoms with van der Waals surface area (Å²) in [4.78, 5) is 4.81. The van der Waals surface area contributed by atoms with E-state index in [0.29, 0.717) is 28.2 Å². The van der Waals surface area contributed by atoms with Crippen molar-refractivity contribution in [2.24, 2.45) is 0 Å². The van der Waals surface area contributed by atoms with Crippen molar-refractivity contribution in [2.75, 3.05) is 4.57 Å². The van der Waals surface area contributed by atoms with Crippen LogP contribution in [0.1, 0.15) is 40.0 Å². The average molecular weight is 745 g/mol. The molecule has 0 bridgehead atoms. The molecule has 6 heteroatoms. The zero-order chi connectivity index (χ0) is 46.9. The minimum Gasteiger partial charge on any atom is -0.458 e. The highest BCUT2D eigenvalue weighted by molar-refractivity contribution is 6.81. The van der Waals surface area contributed by atoms with Crippen LogP contribution in [-0.4, -0.2) is 17.8 Å². The van der Waals surface area contributed by atoms with Gasteiger partial charge in [0.2, 0.25) is 0 Å². The second kappa shape index (κ2) is 14.5. The van der Waals surface area contributed by atoms with Crippen molar-refractivity contribution in [1.82, 2.24) is 9.55 Å². The second-order valence-electron chi connectivity index (χ2n) is 15.2. The van der Waals surface area contributed by atoms with Crippen LogP contribution in [-0.2, 0) is 5.41 Å². The van der Waals surface area contributed by atoms with Gasteiger partial charge in [-0.1, -0.05) is 155 Å². The summed E-state index contributed by atoms with van der Waals surface area (Å²) in [6, 6.07) is 26.6. The summed E-state index contributed by atoms with van der Waals surface area (Å²) in [7, 11) is -2.04. The SMILES string of the molecule is [2H]c1c([2H])c([2H])c(-c2cccc(-c3c([2H])c([2H])c([2H])c([2H])c3[2H])c2-[n+]2[c-]n(-c3cccc(Oc4cccc(N(c5cc(C(C)(C)C)ccn5)[Si](C)(C)C)c4)c3)c3ccccc32)c([2H])c1[2H]. The number of aromatic nitrogens is 3. The minimum atomic E-state index is -2.04. The Morgan fingerprint density at radius 2 is 1.33 bits per heavy atom. The number of para-hydroxylation sites is 3. The summed E-state index contributed by atoms with van der Waals surface area (Å²) < 4.78 is 98.9. The van der Waals surface area contributed by atoms with Crippen molar-refractivity contribution in [1.29, 1.82) is 0 Å². The fourth-order valence-corrected chi connectivity index (χ4v) is 8.48. The molecule has 2 aromatic heterocycles. The second-order valence-corrected chi connectivity index (χ2v) is 20.0. The Balaban J connectivity index is 1.29. The van der Waals surface area contributed by atoms with Gasteiger partial charge in [0.15, 0.2) is 8.24 Å². The lowest BCUT2D eigenvalue weighted by atomic mass is 9.88. The topological polar surface area (TPSA) is 34.2 Å². The maximum atomic E-state index is 8.97. The Labute approximate surface area is 339 Å². The zero-order valence-electron chi connectivity index (χ0n) is 41.6. The molecule has 0 unspecified atom stereocenters. The van der Waals surface area contributed by atoms with Crippen LogP contribution >= 0.6 is 0 Å². The Morgan fingerprint density at radius 3 is 1.98 bits per heavy atom. The van der Waals surface area contributed by atoms with E-state index >= 15 is 0 Å². The average Bonchev–Trinajstić information content (AvgIpc) is 3.65. The monoisotopic (exact) mass is 744 g/mol. The van der Waals surface area contributed by atoms with E-state index in [1.54, 1.807) is 27.3 Å². The first kappa shape index (κ1) is 25.7. The Bertz CT molecular complexity index is 3050. The van der Waals surface area contributed by atoms with Gasteiger partial charge in [0.05, 0.1) is 36.1 Å². The van der Waals surface area contributed by atoms with Gasteiger partial charge in [0.25, 0.3) is 6.33 Å². The van der Waals surface area contributed by atoms with Crippen molar-refractivity contribution < 1.29 is 23.0 Å². The molecule has 2 heterocycles. The molecule has 0 fully saturated rings. The molecule has 0 spiro atoms. The molecule has 8 aromatic rings. The van der Waals surface area contributed by atoms with Crippen molar-refractivity contribution in [3.05, 3.63) is 182 Å². The van der Waals surface area contributed by atoms with Crippen LogP contribution in [0.5, 0.6) is 11.5 Å². The molecule has 55 heavy (non-hydrogen) atoms. The van der Waals surface area contributed by atoms with Gasteiger partial charge in [-0.2, -0.15) is 0 Å². The van der Waals surface area contributed by atoms with Gasteiger partial charge in [-0.3, -0.25) is 9.13 Å². The van der Waals surface area contributed by atoms with E-state index < -0.39 is 68.7 Å². The maximum Gasteiger partial charge on any atom is 0.269 e. The third kappa shape index (κ3) is 7.33. The van der Waals surface area contributed by atoms with Crippen LogP contribution in [0.15, 0.2) is 170 Å². The molecule has 272 valence electrons. The predicted octanol–water partition coefficient (Wildman–Crippen LogP) is 12.5. The number of hydrogen-bond donors (Lipinski definition) is 0. The highest BCUT2D eigenvalue weighted by Crippen LogP contribution is 2.37. The number of pyridine rings is 1. The molecule has 0 N–H and O–H groups in total. The first-order valence-corrected chi connectivity index (χ1v) is 21.5. The fraction of sp³-hybridized carbons (Fsp3) is 0.143. The van der Waals surface area contributed by atoms with Crippen LogP contribution in [0, 0.1) is 6.33 Å². The molecule has 0 aliphatic heterocycles. The summed E-state index contributed by atoms with van der Waals surface area (Å²) in [6.45, 7) is 13.4. The Hall–Kier alpha value is -6.24. The molecule has 0 aliphatic carbocycles. The van der Waals surface area contributed by atoms with Gasteiger partial charge in [-0.15, -0.1) is 0 Å². The number of hydrogen-bond acceptors (Lipinski definition) is 3. The lowest BCUT2D eigenvalue weighted by Gasteiger charge is -2.36. The van der Waals surface area contributed by atoms with Gasteiger partial charge < -0.3 is 9.30 Å². The van der Waals surface area contributed by atoms with Crippen molar-refractivity contribution in [3.63, 3.8) is 0 Å². The highest BCUT2D eigenvalue weighted by Gasteiger charge is 2.28. The van der Waals surface area contributed by atoms with Crippen LogP contribution in [0.25, 0.3) is 44.7 Å². The summed E-state index contributed by atoms with van der Waals surface area (Å²) >= 11 is 0. The third-order valence-corrected chi connectivity index (χ3v) is 11.1. The molecule has 0 saturated carbocycles. The molecule has 0 radical (unpaired) electrons. The molecule has 5 nitrogen and oxygen atoms in total. The molecule has 0 aliphatic rings. The summed E-state index contributed by atoms with van der Waals surface area (Å²) in [5.74, 6) is 2.02. The van der Waals surface area contributed by atoms with E-state index in [1.165, 1.54) is 5.56 Å². The minimum absolute atomic E-state index is 0.0547. The van der Waals surface area contributed by atoms with Crippen LogP contribution < -0.4 is 13.9 Å². The number of fused-ring (bicyclic) bond motifs is 1. The van der Waals surface area contributed by atoms with Gasteiger partial charge in [-0.25, -0.2) is 4.98 Å². The van der Waals surface area contributed by atoms with Crippen LogP contribution in [0.4, 0.5) is 11.5 Å². The number of ether oxygens (including phenoxy) is 1. The summed E-state index contributed by atoms with van der Waals surface area (Å²) in [5, 5.41) is 0. The van der Waals surface area contributed by atoms with Crippen LogP contribution in [0.2, 0.25) is 19.6 Å². The number of anilines is 2. The first-order chi connectivity index (χ1) is 30.7. The predicted molar refractivity (Wildman–Crippen MR) is 229 cm³/mol. The lowest BCUT2D eigenvalue weighted by molar-refractivity contribution is -0.571. The fourth-order valence-electron chi connectivity index (χ4n) is 6.75. The lowest BCUT2D eigenvalue weighted by Crippen LogP contribution is -2.43.